The Labute approximate surface area is 129 Å². The van der Waals surface area contributed by atoms with Crippen LogP contribution in [0.25, 0.3) is 5.69 Å². The molecular weight excluding hydrogens is 283 g/mol. The number of carbonyl (C=O) groups is 1. The highest BCUT2D eigenvalue weighted by Crippen LogP contribution is 2.21. The van der Waals surface area contributed by atoms with Crippen molar-refractivity contribution < 1.29 is 13.9 Å². The summed E-state index contributed by atoms with van der Waals surface area (Å²) in [5.74, 6) is -1.04. The van der Waals surface area contributed by atoms with Crippen LogP contribution in [0.5, 0.6) is 0 Å². The second kappa shape index (κ2) is 5.91. The lowest BCUT2D eigenvalue weighted by Gasteiger charge is -2.21. The first kappa shape index (κ1) is 16.2. The van der Waals surface area contributed by atoms with Gasteiger partial charge in [0.15, 0.2) is 0 Å². The molecule has 0 saturated heterocycles. The molecule has 5 heteroatoms. The van der Waals surface area contributed by atoms with E-state index in [0.717, 1.165) is 11.1 Å². The van der Waals surface area contributed by atoms with Gasteiger partial charge in [0.2, 0.25) is 0 Å². The Morgan fingerprint density at radius 1 is 1.32 bits per heavy atom. The number of esters is 1. The van der Waals surface area contributed by atoms with E-state index >= 15 is 0 Å². The Hall–Kier alpha value is -2.17. The van der Waals surface area contributed by atoms with Crippen LogP contribution in [0.1, 0.15) is 44.7 Å². The molecule has 0 aliphatic rings. The van der Waals surface area contributed by atoms with E-state index < -0.39 is 11.5 Å². The van der Waals surface area contributed by atoms with Gasteiger partial charge in [-0.1, -0.05) is 0 Å². The van der Waals surface area contributed by atoms with Crippen LogP contribution in [0.15, 0.2) is 30.6 Å². The number of nitrogens with zero attached hydrogens (tertiary/aromatic N) is 2. The van der Waals surface area contributed by atoms with Crippen molar-refractivity contribution in [2.45, 2.75) is 46.1 Å². The first-order valence-corrected chi connectivity index (χ1v) is 7.21. The number of aryl methyl sites for hydroxylation is 1. The molecular formula is C17H21FN2O2. The van der Waals surface area contributed by atoms with Crippen molar-refractivity contribution in [3.8, 4) is 5.69 Å². The zero-order valence-corrected chi connectivity index (χ0v) is 13.6. The van der Waals surface area contributed by atoms with E-state index in [0.29, 0.717) is 5.69 Å². The summed E-state index contributed by atoms with van der Waals surface area (Å²) in [4.78, 5) is 12.1. The second-order valence-corrected chi connectivity index (χ2v) is 6.46. The van der Waals surface area contributed by atoms with Gasteiger partial charge in [-0.2, -0.15) is 5.10 Å². The summed E-state index contributed by atoms with van der Waals surface area (Å²) in [6, 6.07) is 4.69. The highest BCUT2D eigenvalue weighted by Gasteiger charge is 2.24. The summed E-state index contributed by atoms with van der Waals surface area (Å²) in [6.45, 7) is 9.08. The van der Waals surface area contributed by atoms with E-state index in [9.17, 15) is 9.18 Å². The van der Waals surface area contributed by atoms with Crippen LogP contribution in [0.4, 0.5) is 4.39 Å². The predicted octanol–water partition coefficient (Wildman–Crippen LogP) is 3.77. The van der Waals surface area contributed by atoms with Crippen LogP contribution in [0, 0.1) is 12.7 Å². The van der Waals surface area contributed by atoms with Gasteiger partial charge in [0.1, 0.15) is 11.4 Å². The van der Waals surface area contributed by atoms with Crippen molar-refractivity contribution in [3.05, 3.63) is 47.5 Å². The third-order valence-corrected chi connectivity index (χ3v) is 3.15. The molecule has 0 N–H and O–H groups in total. The summed E-state index contributed by atoms with van der Waals surface area (Å²) < 4.78 is 20.4. The topological polar surface area (TPSA) is 44.1 Å². The average Bonchev–Trinajstić information content (AvgIpc) is 2.84. The lowest BCUT2D eigenvalue weighted by atomic mass is 10.1. The van der Waals surface area contributed by atoms with Gasteiger partial charge in [0.05, 0.1) is 17.8 Å². The molecule has 4 nitrogen and oxygen atoms in total. The van der Waals surface area contributed by atoms with Crippen molar-refractivity contribution in [2.75, 3.05) is 0 Å². The van der Waals surface area contributed by atoms with E-state index in [1.807, 2.05) is 33.8 Å². The maximum Gasteiger partial charge on any atom is 0.313 e. The molecule has 0 fully saturated rings. The van der Waals surface area contributed by atoms with E-state index in [2.05, 4.69) is 5.10 Å². The fourth-order valence-electron chi connectivity index (χ4n) is 2.08. The third-order valence-electron chi connectivity index (χ3n) is 3.15. The molecule has 1 atom stereocenters. The first-order chi connectivity index (χ1) is 10.2. The van der Waals surface area contributed by atoms with Crippen molar-refractivity contribution in [2.24, 2.45) is 0 Å². The molecule has 1 unspecified atom stereocenters. The number of ether oxygens (including phenoxy) is 1. The predicted molar refractivity (Wildman–Crippen MR) is 82.5 cm³/mol. The Morgan fingerprint density at radius 2 is 2.00 bits per heavy atom. The number of halogens is 1. The molecule has 0 spiro atoms. The minimum absolute atomic E-state index is 0.303. The third kappa shape index (κ3) is 3.93. The Kier molecular flexibility index (Phi) is 4.35. The molecule has 22 heavy (non-hydrogen) atoms. The number of benzene rings is 1. The van der Waals surface area contributed by atoms with Crippen molar-refractivity contribution in [3.63, 3.8) is 0 Å². The van der Waals surface area contributed by atoms with Gasteiger partial charge in [-0.05, 0) is 58.4 Å². The van der Waals surface area contributed by atoms with Crippen molar-refractivity contribution in [1.29, 1.82) is 0 Å². The number of hydrogen-bond donors (Lipinski definition) is 0. The van der Waals surface area contributed by atoms with Gasteiger partial charge >= 0.3 is 5.97 Å². The Balaban J connectivity index is 2.22. The normalized spacial score (nSPS) is 13.0. The van der Waals surface area contributed by atoms with Crippen LogP contribution in [-0.4, -0.2) is 21.4 Å². The quantitative estimate of drug-likeness (QED) is 0.811. The lowest BCUT2D eigenvalue weighted by molar-refractivity contribution is -0.156. The maximum absolute atomic E-state index is 13.5. The molecule has 0 saturated carbocycles. The fraction of sp³-hybridized carbons (Fsp3) is 0.412. The van der Waals surface area contributed by atoms with Gasteiger partial charge in [-0.25, -0.2) is 9.07 Å². The summed E-state index contributed by atoms with van der Waals surface area (Å²) in [5.41, 5.74) is 1.64. The standard InChI is InChI=1S/C17H21FN2O2/c1-11-6-14(18)8-15(7-11)20-10-13(9-19-20)12(2)16(21)22-17(3,4)5/h6-10,12H,1-5H3. The molecule has 1 aromatic heterocycles. The highest BCUT2D eigenvalue weighted by atomic mass is 19.1. The zero-order valence-electron chi connectivity index (χ0n) is 13.6. The number of aromatic nitrogens is 2. The molecule has 2 aromatic rings. The minimum Gasteiger partial charge on any atom is -0.460 e. The molecule has 2 rings (SSSR count). The Morgan fingerprint density at radius 3 is 2.59 bits per heavy atom. The number of hydrogen-bond acceptors (Lipinski definition) is 3. The second-order valence-electron chi connectivity index (χ2n) is 6.46. The van der Waals surface area contributed by atoms with Crippen LogP contribution in [0.3, 0.4) is 0 Å². The van der Waals surface area contributed by atoms with Crippen LogP contribution < -0.4 is 0 Å². The first-order valence-electron chi connectivity index (χ1n) is 7.21. The van der Waals surface area contributed by atoms with E-state index in [1.54, 1.807) is 24.0 Å². The van der Waals surface area contributed by atoms with Gasteiger partial charge in [0.25, 0.3) is 0 Å². The van der Waals surface area contributed by atoms with Gasteiger partial charge in [0, 0.05) is 11.8 Å². The number of rotatable bonds is 3. The van der Waals surface area contributed by atoms with Crippen LogP contribution >= 0.6 is 0 Å². The van der Waals surface area contributed by atoms with Gasteiger partial charge in [-0.15, -0.1) is 0 Å². The molecule has 0 amide bonds. The summed E-state index contributed by atoms with van der Waals surface area (Å²) >= 11 is 0. The van der Waals surface area contributed by atoms with Crippen molar-refractivity contribution in [1.82, 2.24) is 9.78 Å². The number of carbonyl (C=O) groups excluding carboxylic acids is 1. The van der Waals surface area contributed by atoms with Gasteiger partial charge < -0.3 is 4.74 Å². The fourth-order valence-corrected chi connectivity index (χ4v) is 2.08. The van der Waals surface area contributed by atoms with E-state index in [-0.39, 0.29) is 11.8 Å². The van der Waals surface area contributed by atoms with E-state index in [4.69, 9.17) is 4.74 Å². The molecule has 0 bridgehead atoms. The van der Waals surface area contributed by atoms with E-state index in [1.165, 1.54) is 12.1 Å². The lowest BCUT2D eigenvalue weighted by Crippen LogP contribution is -2.26. The highest BCUT2D eigenvalue weighted by molar-refractivity contribution is 5.77. The maximum atomic E-state index is 13.5. The summed E-state index contributed by atoms with van der Waals surface area (Å²) in [7, 11) is 0. The molecule has 0 radical (unpaired) electrons. The molecule has 0 aliphatic heterocycles. The molecule has 0 aliphatic carbocycles. The Bertz CT molecular complexity index is 666. The minimum atomic E-state index is -0.527. The summed E-state index contributed by atoms with van der Waals surface area (Å²) in [5, 5.41) is 4.21. The van der Waals surface area contributed by atoms with Crippen molar-refractivity contribution >= 4 is 5.97 Å². The molecule has 1 aromatic carbocycles. The smallest absolute Gasteiger partial charge is 0.313 e. The largest absolute Gasteiger partial charge is 0.460 e. The molecule has 118 valence electrons. The summed E-state index contributed by atoms with van der Waals surface area (Å²) in [6.07, 6.45) is 3.33. The average molecular weight is 304 g/mol. The molecule has 1 heterocycles. The van der Waals surface area contributed by atoms with Crippen LogP contribution in [0.2, 0.25) is 0 Å². The zero-order chi connectivity index (χ0) is 16.5. The SMILES string of the molecule is Cc1cc(F)cc(-n2cc(C(C)C(=O)OC(C)(C)C)cn2)c1. The van der Waals surface area contributed by atoms with Crippen LogP contribution in [-0.2, 0) is 9.53 Å². The van der Waals surface area contributed by atoms with Gasteiger partial charge in [-0.3, -0.25) is 4.79 Å². The monoisotopic (exact) mass is 304 g/mol.